The Labute approximate surface area is 150 Å². The normalized spacial score (nSPS) is 11.5. The zero-order chi connectivity index (χ0) is 18.1. The molecule has 0 unspecified atom stereocenters. The molecule has 2 N–H and O–H groups in total. The molecular weight excluding hydrogens is 312 g/mol. The van der Waals surface area contributed by atoms with Gasteiger partial charge in [-0.3, -0.25) is 4.98 Å². The molecule has 2 aromatic rings. The van der Waals surface area contributed by atoms with E-state index in [9.17, 15) is 0 Å². The van der Waals surface area contributed by atoms with E-state index in [4.69, 9.17) is 4.74 Å². The first-order valence-corrected chi connectivity index (χ1v) is 8.76. The maximum absolute atomic E-state index is 5.93. The summed E-state index contributed by atoms with van der Waals surface area (Å²) in [6, 6.07) is 12.1. The number of benzene rings is 1. The van der Waals surface area contributed by atoms with Crippen LogP contribution in [0.4, 0.5) is 0 Å². The first kappa shape index (κ1) is 18.8. The molecule has 5 heteroatoms. The van der Waals surface area contributed by atoms with Gasteiger partial charge in [-0.2, -0.15) is 0 Å². The van der Waals surface area contributed by atoms with Gasteiger partial charge in [-0.05, 0) is 51.5 Å². The topological polar surface area (TPSA) is 58.5 Å². The second-order valence-electron chi connectivity index (χ2n) is 6.15. The molecule has 0 fully saturated rings. The molecular formula is C20H28N4O. The first-order chi connectivity index (χ1) is 12.1. The first-order valence-electron chi connectivity index (χ1n) is 8.76. The third-order valence-corrected chi connectivity index (χ3v) is 3.50. The Morgan fingerprint density at radius 2 is 2.04 bits per heavy atom. The molecule has 0 aliphatic heterocycles. The molecule has 0 radical (unpaired) electrons. The number of aromatic nitrogens is 1. The van der Waals surface area contributed by atoms with Crippen molar-refractivity contribution in [3.63, 3.8) is 0 Å². The van der Waals surface area contributed by atoms with Crippen molar-refractivity contribution in [2.75, 3.05) is 6.54 Å². The predicted molar refractivity (Wildman–Crippen MR) is 103 cm³/mol. The number of guanidine groups is 1. The molecule has 25 heavy (non-hydrogen) atoms. The fraction of sp³-hybridized carbons (Fsp3) is 0.400. The lowest BCUT2D eigenvalue weighted by Crippen LogP contribution is -2.37. The van der Waals surface area contributed by atoms with E-state index in [1.807, 2.05) is 32.0 Å². The summed E-state index contributed by atoms with van der Waals surface area (Å²) in [6.45, 7) is 10.2. The van der Waals surface area contributed by atoms with Crippen LogP contribution in [0.25, 0.3) is 0 Å². The Bertz CT molecular complexity index is 683. The summed E-state index contributed by atoms with van der Waals surface area (Å²) in [6.07, 6.45) is 1.93. The molecule has 1 heterocycles. The summed E-state index contributed by atoms with van der Waals surface area (Å²) >= 11 is 0. The van der Waals surface area contributed by atoms with E-state index in [0.29, 0.717) is 13.1 Å². The predicted octanol–water partition coefficient (Wildman–Crippen LogP) is 3.43. The maximum atomic E-state index is 5.93. The van der Waals surface area contributed by atoms with E-state index in [1.165, 1.54) is 5.56 Å². The number of rotatable bonds is 7. The number of pyridine rings is 1. The Balaban J connectivity index is 2.07. The molecule has 1 aromatic heterocycles. The van der Waals surface area contributed by atoms with E-state index in [0.717, 1.165) is 29.5 Å². The molecule has 0 bridgehead atoms. The molecule has 0 spiro atoms. The van der Waals surface area contributed by atoms with Crippen molar-refractivity contribution in [1.29, 1.82) is 0 Å². The minimum absolute atomic E-state index is 0.139. The number of hydrogen-bond donors (Lipinski definition) is 2. The maximum Gasteiger partial charge on any atom is 0.191 e. The van der Waals surface area contributed by atoms with Crippen molar-refractivity contribution < 1.29 is 4.74 Å². The van der Waals surface area contributed by atoms with Crippen molar-refractivity contribution in [2.24, 2.45) is 4.99 Å². The third-order valence-electron chi connectivity index (χ3n) is 3.50. The van der Waals surface area contributed by atoms with E-state index in [2.05, 4.69) is 52.7 Å². The Kier molecular flexibility index (Phi) is 7.26. The number of ether oxygens (including phenoxy) is 1. The number of aliphatic imine (C=N–C) groups is 1. The molecule has 0 atom stereocenters. The minimum atomic E-state index is 0.139. The van der Waals surface area contributed by atoms with Gasteiger partial charge >= 0.3 is 0 Å². The zero-order valence-electron chi connectivity index (χ0n) is 15.5. The lowest BCUT2D eigenvalue weighted by atomic mass is 10.1. The molecule has 5 nitrogen and oxygen atoms in total. The summed E-state index contributed by atoms with van der Waals surface area (Å²) in [5, 5.41) is 6.58. The average molecular weight is 340 g/mol. The average Bonchev–Trinajstić information content (AvgIpc) is 2.59. The largest absolute Gasteiger partial charge is 0.491 e. The second kappa shape index (κ2) is 9.67. The minimum Gasteiger partial charge on any atom is -0.491 e. The van der Waals surface area contributed by atoms with Crippen LogP contribution in [-0.4, -0.2) is 23.6 Å². The van der Waals surface area contributed by atoms with Gasteiger partial charge in [-0.1, -0.05) is 18.2 Å². The summed E-state index contributed by atoms with van der Waals surface area (Å²) in [5.41, 5.74) is 3.24. The van der Waals surface area contributed by atoms with Gasteiger partial charge in [0, 0.05) is 18.3 Å². The number of nitrogens with one attached hydrogen (secondary N) is 2. The highest BCUT2D eigenvalue weighted by Crippen LogP contribution is 2.22. The van der Waals surface area contributed by atoms with Gasteiger partial charge in [-0.25, -0.2) is 4.99 Å². The zero-order valence-corrected chi connectivity index (χ0v) is 15.5. The van der Waals surface area contributed by atoms with Crippen molar-refractivity contribution in [1.82, 2.24) is 15.6 Å². The van der Waals surface area contributed by atoms with Gasteiger partial charge in [0.25, 0.3) is 0 Å². The molecule has 0 saturated heterocycles. The van der Waals surface area contributed by atoms with Gasteiger partial charge in [0.05, 0.1) is 24.9 Å². The Morgan fingerprint density at radius 1 is 1.20 bits per heavy atom. The summed E-state index contributed by atoms with van der Waals surface area (Å²) < 4.78 is 5.93. The summed E-state index contributed by atoms with van der Waals surface area (Å²) in [7, 11) is 0. The quantitative estimate of drug-likeness (QED) is 0.599. The van der Waals surface area contributed by atoms with E-state index in [-0.39, 0.29) is 6.10 Å². The van der Waals surface area contributed by atoms with Crippen LogP contribution in [0.3, 0.4) is 0 Å². The third kappa shape index (κ3) is 6.45. The van der Waals surface area contributed by atoms with Gasteiger partial charge in [0.1, 0.15) is 5.75 Å². The van der Waals surface area contributed by atoms with Crippen LogP contribution >= 0.6 is 0 Å². The lowest BCUT2D eigenvalue weighted by molar-refractivity contribution is 0.240. The smallest absolute Gasteiger partial charge is 0.191 e. The van der Waals surface area contributed by atoms with Crippen LogP contribution in [0.2, 0.25) is 0 Å². The van der Waals surface area contributed by atoms with Crippen LogP contribution in [0, 0.1) is 6.92 Å². The van der Waals surface area contributed by atoms with E-state index in [1.54, 1.807) is 6.20 Å². The van der Waals surface area contributed by atoms with Crippen molar-refractivity contribution in [3.05, 3.63) is 59.4 Å². The van der Waals surface area contributed by atoms with Gasteiger partial charge < -0.3 is 15.4 Å². The molecule has 2 rings (SSSR count). The van der Waals surface area contributed by atoms with Gasteiger partial charge in [-0.15, -0.1) is 0 Å². The summed E-state index contributed by atoms with van der Waals surface area (Å²) in [5.74, 6) is 1.67. The number of nitrogens with zero attached hydrogens (tertiary/aromatic N) is 2. The van der Waals surface area contributed by atoms with Crippen molar-refractivity contribution in [3.8, 4) is 5.75 Å². The van der Waals surface area contributed by atoms with Gasteiger partial charge in [0.2, 0.25) is 0 Å². The Morgan fingerprint density at radius 3 is 2.72 bits per heavy atom. The lowest BCUT2D eigenvalue weighted by Gasteiger charge is -2.15. The van der Waals surface area contributed by atoms with Crippen LogP contribution in [0.15, 0.2) is 47.6 Å². The molecule has 0 amide bonds. The molecule has 1 aromatic carbocycles. The monoisotopic (exact) mass is 340 g/mol. The SMILES string of the molecule is CCNC(=NCc1ccc(C)cc1OC(C)C)NCc1ccccn1. The summed E-state index contributed by atoms with van der Waals surface area (Å²) in [4.78, 5) is 9.00. The van der Waals surface area contributed by atoms with Crippen LogP contribution in [-0.2, 0) is 13.1 Å². The van der Waals surface area contributed by atoms with Crippen LogP contribution < -0.4 is 15.4 Å². The number of aryl methyl sites for hydroxylation is 1. The fourth-order valence-corrected chi connectivity index (χ4v) is 2.34. The molecule has 0 aliphatic carbocycles. The van der Waals surface area contributed by atoms with Crippen LogP contribution in [0.1, 0.15) is 37.6 Å². The second-order valence-corrected chi connectivity index (χ2v) is 6.15. The van der Waals surface area contributed by atoms with Crippen molar-refractivity contribution >= 4 is 5.96 Å². The van der Waals surface area contributed by atoms with Gasteiger partial charge in [0.15, 0.2) is 5.96 Å². The molecule has 0 aliphatic rings. The highest BCUT2D eigenvalue weighted by molar-refractivity contribution is 5.79. The van der Waals surface area contributed by atoms with Crippen LogP contribution in [0.5, 0.6) is 5.75 Å². The Hall–Kier alpha value is -2.56. The molecule has 0 saturated carbocycles. The fourth-order valence-electron chi connectivity index (χ4n) is 2.34. The van der Waals surface area contributed by atoms with E-state index < -0.39 is 0 Å². The standard InChI is InChI=1S/C20H28N4O/c1-5-21-20(24-14-18-8-6-7-11-22-18)23-13-17-10-9-16(4)12-19(17)25-15(2)3/h6-12,15H,5,13-14H2,1-4H3,(H2,21,23,24). The molecule has 134 valence electrons. The van der Waals surface area contributed by atoms with E-state index >= 15 is 0 Å². The highest BCUT2D eigenvalue weighted by Gasteiger charge is 2.07. The van der Waals surface area contributed by atoms with Crippen molar-refractivity contribution in [2.45, 2.75) is 46.9 Å². The highest BCUT2D eigenvalue weighted by atomic mass is 16.5. The number of hydrogen-bond acceptors (Lipinski definition) is 3.